The first-order valence-corrected chi connectivity index (χ1v) is 4.46. The standard InChI is InChI=1S/C8H11N3S/c1-6-7(5-11(2)3)12-8(4-9)10-6/h5H2,1-3H3. The average Bonchev–Trinajstić information content (AvgIpc) is 2.31. The van der Waals surface area contributed by atoms with Gasteiger partial charge in [0, 0.05) is 11.4 Å². The van der Waals surface area contributed by atoms with Crippen molar-refractivity contribution in [3.8, 4) is 6.07 Å². The van der Waals surface area contributed by atoms with Crippen LogP contribution in [0.25, 0.3) is 0 Å². The molecule has 0 aromatic carbocycles. The summed E-state index contributed by atoms with van der Waals surface area (Å²) in [5, 5.41) is 9.15. The second-order valence-corrected chi connectivity index (χ2v) is 3.96. The van der Waals surface area contributed by atoms with E-state index in [0.29, 0.717) is 5.01 Å². The van der Waals surface area contributed by atoms with Gasteiger partial charge in [0.25, 0.3) is 0 Å². The van der Waals surface area contributed by atoms with E-state index in [2.05, 4.69) is 16.0 Å². The lowest BCUT2D eigenvalue weighted by atomic mass is 10.4. The monoisotopic (exact) mass is 181 g/mol. The molecule has 12 heavy (non-hydrogen) atoms. The molecular weight excluding hydrogens is 170 g/mol. The van der Waals surface area contributed by atoms with Gasteiger partial charge < -0.3 is 4.90 Å². The first kappa shape index (κ1) is 9.17. The summed E-state index contributed by atoms with van der Waals surface area (Å²) < 4.78 is 0. The molecule has 0 radical (unpaired) electrons. The molecule has 0 bridgehead atoms. The van der Waals surface area contributed by atoms with Crippen molar-refractivity contribution >= 4 is 11.3 Å². The Bertz CT molecular complexity index is 309. The lowest BCUT2D eigenvalue weighted by Crippen LogP contribution is -2.10. The third kappa shape index (κ3) is 2.03. The first-order chi connectivity index (χ1) is 5.63. The summed E-state index contributed by atoms with van der Waals surface area (Å²) >= 11 is 1.47. The minimum absolute atomic E-state index is 0.560. The van der Waals surface area contributed by atoms with E-state index < -0.39 is 0 Å². The number of rotatable bonds is 2. The molecule has 0 aliphatic heterocycles. The number of thiazole rings is 1. The number of hydrogen-bond acceptors (Lipinski definition) is 4. The van der Waals surface area contributed by atoms with Crippen molar-refractivity contribution in [1.29, 1.82) is 5.26 Å². The third-order valence-electron chi connectivity index (χ3n) is 1.45. The Morgan fingerprint density at radius 2 is 2.25 bits per heavy atom. The van der Waals surface area contributed by atoms with Crippen molar-refractivity contribution in [2.45, 2.75) is 13.5 Å². The van der Waals surface area contributed by atoms with Gasteiger partial charge in [0.05, 0.1) is 5.69 Å². The maximum absolute atomic E-state index is 8.59. The highest BCUT2D eigenvalue weighted by atomic mass is 32.1. The Morgan fingerprint density at radius 3 is 2.67 bits per heavy atom. The minimum atomic E-state index is 0.560. The second kappa shape index (κ2) is 3.65. The van der Waals surface area contributed by atoms with Crippen LogP contribution in [-0.4, -0.2) is 24.0 Å². The van der Waals surface area contributed by atoms with Gasteiger partial charge >= 0.3 is 0 Å². The van der Waals surface area contributed by atoms with Crippen molar-refractivity contribution < 1.29 is 0 Å². The summed E-state index contributed by atoms with van der Waals surface area (Å²) in [6, 6.07) is 2.05. The molecule has 0 unspecified atom stereocenters. The van der Waals surface area contributed by atoms with Crippen molar-refractivity contribution in [3.05, 3.63) is 15.6 Å². The smallest absolute Gasteiger partial charge is 0.194 e. The van der Waals surface area contributed by atoms with Gasteiger partial charge in [0.15, 0.2) is 5.01 Å². The number of aryl methyl sites for hydroxylation is 1. The summed E-state index contributed by atoms with van der Waals surface area (Å²) in [6.07, 6.45) is 0. The quantitative estimate of drug-likeness (QED) is 0.692. The summed E-state index contributed by atoms with van der Waals surface area (Å²) in [5.74, 6) is 0. The van der Waals surface area contributed by atoms with Gasteiger partial charge in [0.2, 0.25) is 0 Å². The lowest BCUT2D eigenvalue weighted by Gasteiger charge is -2.06. The number of hydrogen-bond donors (Lipinski definition) is 0. The van der Waals surface area contributed by atoms with Crippen LogP contribution in [-0.2, 0) is 6.54 Å². The van der Waals surface area contributed by atoms with Crippen LogP contribution in [0.4, 0.5) is 0 Å². The van der Waals surface area contributed by atoms with Gasteiger partial charge in [-0.2, -0.15) is 5.26 Å². The van der Waals surface area contributed by atoms with Crippen molar-refractivity contribution in [1.82, 2.24) is 9.88 Å². The fourth-order valence-electron chi connectivity index (χ4n) is 0.910. The molecular formula is C8H11N3S. The van der Waals surface area contributed by atoms with E-state index >= 15 is 0 Å². The molecule has 0 amide bonds. The van der Waals surface area contributed by atoms with E-state index in [4.69, 9.17) is 5.26 Å². The minimum Gasteiger partial charge on any atom is -0.304 e. The van der Waals surface area contributed by atoms with Crippen LogP contribution in [0.1, 0.15) is 15.6 Å². The van der Waals surface area contributed by atoms with Gasteiger partial charge in [-0.05, 0) is 21.0 Å². The molecule has 1 aromatic heterocycles. The molecule has 0 spiro atoms. The highest BCUT2D eigenvalue weighted by Gasteiger charge is 2.06. The van der Waals surface area contributed by atoms with E-state index in [1.165, 1.54) is 16.2 Å². The van der Waals surface area contributed by atoms with Crippen molar-refractivity contribution in [2.24, 2.45) is 0 Å². The van der Waals surface area contributed by atoms with E-state index in [9.17, 15) is 0 Å². The molecule has 1 aromatic rings. The van der Waals surface area contributed by atoms with E-state index in [0.717, 1.165) is 12.2 Å². The van der Waals surface area contributed by atoms with Gasteiger partial charge in [0.1, 0.15) is 6.07 Å². The summed E-state index contributed by atoms with van der Waals surface area (Å²) in [5.41, 5.74) is 0.977. The zero-order valence-electron chi connectivity index (χ0n) is 7.46. The number of nitriles is 1. The van der Waals surface area contributed by atoms with Crippen LogP contribution in [0.5, 0.6) is 0 Å². The second-order valence-electron chi connectivity index (χ2n) is 2.88. The van der Waals surface area contributed by atoms with E-state index in [-0.39, 0.29) is 0 Å². The van der Waals surface area contributed by atoms with Crippen LogP contribution in [0, 0.1) is 18.3 Å². The van der Waals surface area contributed by atoms with Crippen molar-refractivity contribution in [2.75, 3.05) is 14.1 Å². The molecule has 3 nitrogen and oxygen atoms in total. The van der Waals surface area contributed by atoms with Crippen LogP contribution < -0.4 is 0 Å². The third-order valence-corrected chi connectivity index (χ3v) is 2.49. The van der Waals surface area contributed by atoms with E-state index in [1.807, 2.05) is 21.0 Å². The first-order valence-electron chi connectivity index (χ1n) is 3.64. The predicted octanol–water partition coefficient (Wildman–Crippen LogP) is 1.38. The Balaban J connectivity index is 2.86. The van der Waals surface area contributed by atoms with Crippen LogP contribution in [0.2, 0.25) is 0 Å². The molecule has 0 saturated carbocycles. The molecule has 1 rings (SSSR count). The molecule has 0 saturated heterocycles. The molecule has 64 valence electrons. The molecule has 1 heterocycles. The zero-order valence-corrected chi connectivity index (χ0v) is 8.27. The normalized spacial score (nSPS) is 10.2. The Labute approximate surface area is 76.3 Å². The Hall–Kier alpha value is -0.920. The molecule has 4 heteroatoms. The summed E-state index contributed by atoms with van der Waals surface area (Å²) in [7, 11) is 4.01. The maximum atomic E-state index is 8.59. The number of aromatic nitrogens is 1. The van der Waals surface area contributed by atoms with Crippen LogP contribution >= 0.6 is 11.3 Å². The number of nitrogens with zero attached hydrogens (tertiary/aromatic N) is 3. The Kier molecular flexibility index (Phi) is 2.79. The van der Waals surface area contributed by atoms with Gasteiger partial charge in [-0.1, -0.05) is 0 Å². The molecule has 0 N–H and O–H groups in total. The predicted molar refractivity (Wildman–Crippen MR) is 49.0 cm³/mol. The average molecular weight is 181 g/mol. The SMILES string of the molecule is Cc1nc(C#N)sc1CN(C)C. The van der Waals surface area contributed by atoms with Gasteiger partial charge in [-0.25, -0.2) is 4.98 Å². The fraction of sp³-hybridized carbons (Fsp3) is 0.500. The van der Waals surface area contributed by atoms with Crippen LogP contribution in [0.3, 0.4) is 0 Å². The van der Waals surface area contributed by atoms with Crippen LogP contribution in [0.15, 0.2) is 0 Å². The van der Waals surface area contributed by atoms with Gasteiger partial charge in [-0.3, -0.25) is 0 Å². The summed E-state index contributed by atoms with van der Waals surface area (Å²) in [6.45, 7) is 2.81. The van der Waals surface area contributed by atoms with Gasteiger partial charge in [-0.15, -0.1) is 11.3 Å². The molecule has 0 fully saturated rings. The molecule has 0 atom stereocenters. The lowest BCUT2D eigenvalue weighted by molar-refractivity contribution is 0.405. The highest BCUT2D eigenvalue weighted by Crippen LogP contribution is 2.17. The largest absolute Gasteiger partial charge is 0.304 e. The molecule has 0 aliphatic rings. The summed E-state index contributed by atoms with van der Waals surface area (Å²) in [4.78, 5) is 7.36. The van der Waals surface area contributed by atoms with E-state index in [1.54, 1.807) is 0 Å². The van der Waals surface area contributed by atoms with Crippen molar-refractivity contribution in [3.63, 3.8) is 0 Å². The topological polar surface area (TPSA) is 39.9 Å². The maximum Gasteiger partial charge on any atom is 0.194 e. The fourth-order valence-corrected chi connectivity index (χ4v) is 1.89. The molecule has 0 aliphatic carbocycles. The zero-order chi connectivity index (χ0) is 9.14. The highest BCUT2D eigenvalue weighted by molar-refractivity contribution is 7.12. The Morgan fingerprint density at radius 1 is 1.58 bits per heavy atom.